The molecule has 0 amide bonds. The molecule has 0 unspecified atom stereocenters. The van der Waals surface area contributed by atoms with Gasteiger partial charge in [0.15, 0.2) is 0 Å². The van der Waals surface area contributed by atoms with Crippen molar-refractivity contribution in [3.8, 4) is 33.9 Å². The second kappa shape index (κ2) is 20.3. The molecule has 4 aromatic carbocycles. The van der Waals surface area contributed by atoms with Crippen LogP contribution in [-0.4, -0.2) is 9.13 Å². The fraction of sp³-hybridized carbons (Fsp3) is 0.200. The maximum absolute atomic E-state index is 14.4. The van der Waals surface area contributed by atoms with Crippen molar-refractivity contribution >= 4 is 0 Å². The van der Waals surface area contributed by atoms with Crippen LogP contribution in [0.25, 0.3) is 33.9 Å². The third-order valence-corrected chi connectivity index (χ3v) is 10.1. The molecular weight excluding hydrogens is 752 g/mol. The number of halogens is 4. The van der Waals surface area contributed by atoms with Crippen molar-refractivity contribution in [2.75, 3.05) is 0 Å². The van der Waals surface area contributed by atoms with Crippen molar-refractivity contribution in [2.24, 2.45) is 0 Å². The van der Waals surface area contributed by atoms with Crippen LogP contribution in [-0.2, 0) is 47.4 Å². The van der Waals surface area contributed by atoms with E-state index in [2.05, 4.69) is 48.6 Å². The molecule has 0 N–H and O–H groups in total. The van der Waals surface area contributed by atoms with Gasteiger partial charge in [0.2, 0.25) is 0 Å². The Kier molecular flexibility index (Phi) is 14.8. The Bertz CT molecular complexity index is 2180. The number of hydrogen-bond acceptors (Lipinski definition) is 0. The van der Waals surface area contributed by atoms with Crippen molar-refractivity contribution in [2.45, 2.75) is 64.2 Å². The maximum Gasteiger partial charge on any atom is 4.00 e. The van der Waals surface area contributed by atoms with E-state index in [9.17, 15) is 17.6 Å². The van der Waals surface area contributed by atoms with Crippen LogP contribution in [0.5, 0.6) is 0 Å². The molecule has 4 aliphatic rings. The minimum atomic E-state index is -0.673. The Morgan fingerprint density at radius 1 is 0.474 bits per heavy atom. The normalized spacial score (nSPS) is 14.2. The van der Waals surface area contributed by atoms with Gasteiger partial charge in [-0.25, -0.2) is 41.9 Å². The van der Waals surface area contributed by atoms with Gasteiger partial charge in [-0.05, 0) is 97.1 Å². The minimum Gasteiger partial charge on any atom is -0.365 e. The molecule has 0 saturated heterocycles. The zero-order valence-electron chi connectivity index (χ0n) is 31.7. The van der Waals surface area contributed by atoms with Crippen molar-refractivity contribution in [3.05, 3.63) is 204 Å². The molecule has 6 aromatic rings. The van der Waals surface area contributed by atoms with Crippen molar-refractivity contribution in [1.82, 2.24) is 9.13 Å². The second-order valence-electron chi connectivity index (χ2n) is 13.8. The van der Waals surface area contributed by atoms with Gasteiger partial charge in [0.25, 0.3) is 0 Å². The number of hydrogen-bond donors (Lipinski definition) is 0. The van der Waals surface area contributed by atoms with Crippen LogP contribution in [0.3, 0.4) is 0 Å². The predicted molar refractivity (Wildman–Crippen MR) is 216 cm³/mol. The molecule has 0 fully saturated rings. The van der Waals surface area contributed by atoms with Gasteiger partial charge in [0.05, 0.1) is 0 Å². The standard InChI is InChI=1S/2C20H16F2N.2C5H5.Ti/c2*21-16-10-11-19(17(22)13-16)23-18-9-5-4-8-15(18)12-20(23)14-6-2-1-3-7-14;2*1-2-4-5-3-1;/h2*1-3,6-7,10-12H,4-5,8-9H2;2*1-3H,4H2;/q4*-1;+4. The average Bonchev–Trinajstić information content (AvgIpc) is 4.08. The van der Waals surface area contributed by atoms with E-state index in [-0.39, 0.29) is 21.7 Å². The molecule has 0 radical (unpaired) electrons. The number of allylic oxidation sites excluding steroid dienone is 8. The summed E-state index contributed by atoms with van der Waals surface area (Å²) in [5.74, 6) is -2.64. The van der Waals surface area contributed by atoms with Gasteiger partial charge in [-0.15, -0.1) is 49.2 Å². The number of fused-ring (bicyclic) bond motifs is 2. The summed E-state index contributed by atoms with van der Waals surface area (Å²) in [5.41, 5.74) is 9.51. The van der Waals surface area contributed by atoms with E-state index in [1.807, 2.05) is 94.1 Å². The van der Waals surface area contributed by atoms with E-state index in [0.717, 1.165) is 98.1 Å². The topological polar surface area (TPSA) is 9.86 Å². The van der Waals surface area contributed by atoms with Crippen molar-refractivity contribution in [1.29, 1.82) is 0 Å². The largest absolute Gasteiger partial charge is 4.00 e. The monoisotopic (exact) mass is 794 g/mol. The Balaban J connectivity index is 0.000000152. The van der Waals surface area contributed by atoms with E-state index in [4.69, 9.17) is 0 Å². The van der Waals surface area contributed by atoms with Gasteiger partial charge >= 0.3 is 21.7 Å². The Morgan fingerprint density at radius 2 is 0.877 bits per heavy atom. The molecule has 4 aliphatic carbocycles. The summed E-state index contributed by atoms with van der Waals surface area (Å²) in [6.07, 6.45) is 28.4. The SMILES string of the molecule is Fc1[c-]c(F)c(-n2c(-c3ccccc3)cc3c2CCCC3)cc1.Fc1[c-]c(F)c(-n2c(-c3ccccc3)cc3c2CCCC3)cc1.[C-]1=CC=CC1.[C-]1=CC=CC1.[Ti+4]. The Hall–Kier alpha value is -5.17. The predicted octanol–water partition coefficient (Wildman–Crippen LogP) is 12.8. The minimum absolute atomic E-state index is 0. The van der Waals surface area contributed by atoms with Crippen LogP contribution in [0.1, 0.15) is 61.0 Å². The van der Waals surface area contributed by atoms with Gasteiger partial charge in [-0.1, -0.05) is 60.7 Å². The summed E-state index contributed by atoms with van der Waals surface area (Å²) >= 11 is 0. The smallest absolute Gasteiger partial charge is 0.365 e. The van der Waals surface area contributed by atoms with E-state index in [0.29, 0.717) is 11.4 Å². The van der Waals surface area contributed by atoms with Crippen LogP contribution in [0, 0.1) is 47.6 Å². The fourth-order valence-electron chi connectivity index (χ4n) is 7.49. The molecule has 10 rings (SSSR count). The van der Waals surface area contributed by atoms with E-state index >= 15 is 0 Å². The average molecular weight is 795 g/mol. The Morgan fingerprint density at radius 3 is 1.21 bits per heavy atom. The van der Waals surface area contributed by atoms with Crippen LogP contribution < -0.4 is 0 Å². The van der Waals surface area contributed by atoms with Crippen LogP contribution in [0.15, 0.2) is 134 Å². The molecule has 7 heteroatoms. The first-order valence-corrected chi connectivity index (χ1v) is 19.2. The quantitative estimate of drug-likeness (QED) is 0.0956. The maximum atomic E-state index is 14.4. The third-order valence-electron chi connectivity index (χ3n) is 10.1. The first-order valence-electron chi connectivity index (χ1n) is 19.2. The molecular formula is C50H42F4N2Ti. The molecule has 57 heavy (non-hydrogen) atoms. The van der Waals surface area contributed by atoms with E-state index < -0.39 is 23.3 Å². The zero-order chi connectivity index (χ0) is 38.7. The molecule has 0 aliphatic heterocycles. The molecule has 284 valence electrons. The second-order valence-corrected chi connectivity index (χ2v) is 13.8. The summed E-state index contributed by atoms with van der Waals surface area (Å²) in [5, 5.41) is 0. The van der Waals surface area contributed by atoms with Crippen molar-refractivity contribution < 1.29 is 39.3 Å². The summed E-state index contributed by atoms with van der Waals surface area (Å²) in [6.45, 7) is 0. The summed E-state index contributed by atoms with van der Waals surface area (Å²) in [6, 6.07) is 34.0. The summed E-state index contributed by atoms with van der Waals surface area (Å²) < 4.78 is 59.1. The Labute approximate surface area is 348 Å². The van der Waals surface area contributed by atoms with Crippen LogP contribution in [0.4, 0.5) is 17.6 Å². The van der Waals surface area contributed by atoms with Crippen LogP contribution >= 0.6 is 0 Å². The molecule has 2 aromatic heterocycles. The first kappa shape index (κ1) is 41.5. The van der Waals surface area contributed by atoms with Gasteiger partial charge in [-0.2, -0.15) is 12.2 Å². The van der Waals surface area contributed by atoms with E-state index in [1.54, 1.807) is 0 Å². The zero-order valence-corrected chi connectivity index (χ0v) is 33.2. The first-order chi connectivity index (χ1) is 27.5. The molecule has 0 bridgehead atoms. The number of nitrogens with zero attached hydrogens (tertiary/aromatic N) is 2. The molecule has 2 nitrogen and oxygen atoms in total. The third kappa shape index (κ3) is 10.2. The van der Waals surface area contributed by atoms with Gasteiger partial charge in [0.1, 0.15) is 0 Å². The number of aryl methyl sites for hydroxylation is 2. The number of benzene rings is 4. The van der Waals surface area contributed by atoms with E-state index in [1.165, 1.54) is 35.4 Å². The molecule has 0 saturated carbocycles. The number of aromatic nitrogens is 2. The molecule has 0 atom stereocenters. The van der Waals surface area contributed by atoms with Gasteiger partial charge < -0.3 is 9.13 Å². The number of rotatable bonds is 4. The van der Waals surface area contributed by atoms with Crippen LogP contribution in [0.2, 0.25) is 0 Å². The molecule has 2 heterocycles. The van der Waals surface area contributed by atoms with Crippen molar-refractivity contribution in [3.63, 3.8) is 0 Å². The fourth-order valence-corrected chi connectivity index (χ4v) is 7.49. The summed E-state index contributed by atoms with van der Waals surface area (Å²) in [7, 11) is 0. The van der Waals surface area contributed by atoms with Gasteiger partial charge in [0, 0.05) is 46.0 Å². The summed E-state index contributed by atoms with van der Waals surface area (Å²) in [4.78, 5) is 0. The molecule has 0 spiro atoms. The van der Waals surface area contributed by atoms with Gasteiger partial charge in [-0.3, -0.25) is 12.2 Å².